The van der Waals surface area contributed by atoms with Crippen LogP contribution >= 0.6 is 34.4 Å². The van der Waals surface area contributed by atoms with Crippen LogP contribution in [0.1, 0.15) is 5.56 Å². The van der Waals surface area contributed by atoms with Gasteiger partial charge in [0.2, 0.25) is 0 Å². The third-order valence-corrected chi connectivity index (χ3v) is 7.25. The standard InChI is InChI=1S/C22H15N3OS3/c26-21-19-17(18-9-5-11-27-18)14-28-20(19)24-22(25(21)16-7-2-1-3-8-16)29-13-15-6-4-10-23-12-15/h1-12,14H,13H2. The summed E-state index contributed by atoms with van der Waals surface area (Å²) in [4.78, 5) is 24.6. The summed E-state index contributed by atoms with van der Waals surface area (Å²) in [5, 5.41) is 5.44. The predicted octanol–water partition coefficient (Wildman–Crippen LogP) is 5.86. The first kappa shape index (κ1) is 18.3. The van der Waals surface area contributed by atoms with Gasteiger partial charge in [0.25, 0.3) is 5.56 Å². The van der Waals surface area contributed by atoms with Crippen LogP contribution in [0.2, 0.25) is 0 Å². The molecule has 0 aliphatic rings. The van der Waals surface area contributed by atoms with E-state index in [2.05, 4.69) is 4.98 Å². The van der Waals surface area contributed by atoms with Crippen molar-refractivity contribution < 1.29 is 0 Å². The van der Waals surface area contributed by atoms with Crippen molar-refractivity contribution in [3.8, 4) is 16.1 Å². The number of thiophene rings is 2. The Labute approximate surface area is 179 Å². The highest BCUT2D eigenvalue weighted by molar-refractivity contribution is 7.98. The Morgan fingerprint density at radius 2 is 1.90 bits per heavy atom. The molecule has 0 radical (unpaired) electrons. The van der Waals surface area contributed by atoms with Crippen LogP contribution in [0, 0.1) is 0 Å². The summed E-state index contributed by atoms with van der Waals surface area (Å²) in [5.74, 6) is 0.696. The zero-order chi connectivity index (χ0) is 19.6. The number of hydrogen-bond donors (Lipinski definition) is 0. The molecule has 0 bridgehead atoms. The molecule has 4 nitrogen and oxygen atoms in total. The van der Waals surface area contributed by atoms with Crippen molar-refractivity contribution in [2.24, 2.45) is 0 Å². The Kier molecular flexibility index (Phi) is 5.01. The summed E-state index contributed by atoms with van der Waals surface area (Å²) in [7, 11) is 0. The van der Waals surface area contributed by atoms with E-state index in [0.717, 1.165) is 26.5 Å². The first-order valence-corrected chi connectivity index (χ1v) is 11.7. The van der Waals surface area contributed by atoms with Gasteiger partial charge in [-0.1, -0.05) is 42.1 Å². The molecule has 0 saturated heterocycles. The molecular formula is C22H15N3OS3. The molecule has 4 heterocycles. The molecule has 0 aliphatic carbocycles. The molecule has 5 rings (SSSR count). The highest BCUT2D eigenvalue weighted by Crippen LogP contribution is 2.35. The Hall–Kier alpha value is -2.74. The number of thioether (sulfide) groups is 1. The predicted molar refractivity (Wildman–Crippen MR) is 122 cm³/mol. The van der Waals surface area contributed by atoms with Crippen molar-refractivity contribution in [2.45, 2.75) is 10.9 Å². The van der Waals surface area contributed by atoms with Crippen LogP contribution in [0.25, 0.3) is 26.3 Å². The van der Waals surface area contributed by atoms with E-state index in [1.54, 1.807) is 33.9 Å². The van der Waals surface area contributed by atoms with Gasteiger partial charge in [0.15, 0.2) is 5.16 Å². The fraction of sp³-hybridized carbons (Fsp3) is 0.0455. The lowest BCUT2D eigenvalue weighted by Gasteiger charge is -2.12. The van der Waals surface area contributed by atoms with E-state index < -0.39 is 0 Å². The van der Waals surface area contributed by atoms with Gasteiger partial charge in [-0.15, -0.1) is 22.7 Å². The molecule has 0 unspecified atom stereocenters. The van der Waals surface area contributed by atoms with Crippen molar-refractivity contribution in [2.75, 3.05) is 0 Å². The van der Waals surface area contributed by atoms with Crippen LogP contribution in [0.4, 0.5) is 0 Å². The minimum absolute atomic E-state index is 0.0282. The van der Waals surface area contributed by atoms with Gasteiger partial charge in [-0.2, -0.15) is 0 Å². The van der Waals surface area contributed by atoms with Gasteiger partial charge in [0.05, 0.1) is 11.1 Å². The molecule has 5 aromatic rings. The van der Waals surface area contributed by atoms with E-state index in [9.17, 15) is 4.79 Å². The van der Waals surface area contributed by atoms with E-state index >= 15 is 0 Å². The topological polar surface area (TPSA) is 47.8 Å². The zero-order valence-electron chi connectivity index (χ0n) is 15.2. The summed E-state index contributed by atoms with van der Waals surface area (Å²) < 4.78 is 1.73. The molecule has 29 heavy (non-hydrogen) atoms. The first-order valence-electron chi connectivity index (χ1n) is 8.96. The number of nitrogens with zero attached hydrogens (tertiary/aromatic N) is 3. The Balaban J connectivity index is 1.69. The van der Waals surface area contributed by atoms with Crippen molar-refractivity contribution in [3.05, 3.63) is 93.7 Å². The van der Waals surface area contributed by atoms with E-state index in [4.69, 9.17) is 4.98 Å². The highest BCUT2D eigenvalue weighted by Gasteiger charge is 2.19. The molecule has 0 aliphatic heterocycles. The summed E-state index contributed by atoms with van der Waals surface area (Å²) in [5.41, 5.74) is 2.85. The lowest BCUT2D eigenvalue weighted by atomic mass is 10.2. The molecule has 0 saturated carbocycles. The number of pyridine rings is 1. The van der Waals surface area contributed by atoms with Gasteiger partial charge in [-0.05, 0) is 35.2 Å². The molecule has 4 aromatic heterocycles. The fourth-order valence-corrected chi connectivity index (χ4v) is 5.87. The number of hydrogen-bond acceptors (Lipinski definition) is 6. The Morgan fingerprint density at radius 1 is 1.00 bits per heavy atom. The zero-order valence-corrected chi connectivity index (χ0v) is 17.6. The second-order valence-corrected chi connectivity index (χ2v) is 9.08. The minimum Gasteiger partial charge on any atom is -0.268 e. The molecule has 0 N–H and O–H groups in total. The van der Waals surface area contributed by atoms with Gasteiger partial charge in [0.1, 0.15) is 4.83 Å². The number of benzene rings is 1. The van der Waals surface area contributed by atoms with Crippen molar-refractivity contribution in [1.82, 2.24) is 14.5 Å². The Bertz CT molecular complexity index is 1310. The van der Waals surface area contributed by atoms with E-state index in [1.165, 1.54) is 11.3 Å². The maximum atomic E-state index is 13.6. The van der Waals surface area contributed by atoms with E-state index in [1.807, 2.05) is 71.6 Å². The summed E-state index contributed by atoms with van der Waals surface area (Å²) in [6.45, 7) is 0. The van der Waals surface area contributed by atoms with Crippen molar-refractivity contribution in [3.63, 3.8) is 0 Å². The number of fused-ring (bicyclic) bond motifs is 1. The van der Waals surface area contributed by atoms with Crippen LogP contribution in [0.5, 0.6) is 0 Å². The smallest absolute Gasteiger partial charge is 0.268 e. The third kappa shape index (κ3) is 3.53. The highest BCUT2D eigenvalue weighted by atomic mass is 32.2. The van der Waals surface area contributed by atoms with Gasteiger partial charge in [0, 0.05) is 34.0 Å². The van der Waals surface area contributed by atoms with Crippen LogP contribution in [0.3, 0.4) is 0 Å². The first-order chi connectivity index (χ1) is 14.3. The molecule has 0 atom stereocenters. The molecule has 0 fully saturated rings. The van der Waals surface area contributed by atoms with Crippen LogP contribution in [-0.2, 0) is 5.75 Å². The van der Waals surface area contributed by atoms with Gasteiger partial charge in [-0.3, -0.25) is 14.3 Å². The summed E-state index contributed by atoms with van der Waals surface area (Å²) >= 11 is 4.71. The van der Waals surface area contributed by atoms with Crippen molar-refractivity contribution in [1.29, 1.82) is 0 Å². The summed E-state index contributed by atoms with van der Waals surface area (Å²) in [6, 6.07) is 17.7. The van der Waals surface area contributed by atoms with Crippen LogP contribution < -0.4 is 5.56 Å². The maximum Gasteiger partial charge on any atom is 0.268 e. The van der Waals surface area contributed by atoms with Crippen LogP contribution in [-0.4, -0.2) is 14.5 Å². The molecule has 142 valence electrons. The number of aromatic nitrogens is 3. The van der Waals surface area contributed by atoms with Gasteiger partial charge >= 0.3 is 0 Å². The van der Waals surface area contributed by atoms with Gasteiger partial charge < -0.3 is 0 Å². The van der Waals surface area contributed by atoms with E-state index in [-0.39, 0.29) is 5.56 Å². The number of rotatable bonds is 5. The largest absolute Gasteiger partial charge is 0.268 e. The molecular weight excluding hydrogens is 418 g/mol. The molecule has 0 spiro atoms. The second-order valence-electron chi connectivity index (χ2n) is 6.33. The molecule has 0 amide bonds. The third-order valence-electron chi connectivity index (χ3n) is 4.47. The van der Waals surface area contributed by atoms with Crippen molar-refractivity contribution >= 4 is 44.7 Å². The normalized spacial score (nSPS) is 11.2. The maximum absolute atomic E-state index is 13.6. The Morgan fingerprint density at radius 3 is 2.66 bits per heavy atom. The minimum atomic E-state index is -0.0282. The monoisotopic (exact) mass is 433 g/mol. The second kappa shape index (κ2) is 7.94. The molecule has 7 heteroatoms. The van der Waals surface area contributed by atoms with Gasteiger partial charge in [-0.25, -0.2) is 4.98 Å². The lowest BCUT2D eigenvalue weighted by Crippen LogP contribution is -2.21. The van der Waals surface area contributed by atoms with E-state index in [0.29, 0.717) is 16.3 Å². The SMILES string of the molecule is O=c1c2c(-c3cccs3)csc2nc(SCc2cccnc2)n1-c1ccccc1. The summed E-state index contributed by atoms with van der Waals surface area (Å²) in [6.07, 6.45) is 3.60. The average molecular weight is 434 g/mol. The fourth-order valence-electron chi connectivity index (χ4n) is 3.12. The van der Waals surface area contributed by atoms with Crippen LogP contribution in [0.15, 0.2) is 87.7 Å². The molecule has 1 aromatic carbocycles. The number of para-hydroxylation sites is 1. The average Bonchev–Trinajstić information content (AvgIpc) is 3.43. The lowest BCUT2D eigenvalue weighted by molar-refractivity contribution is 0.822. The quantitative estimate of drug-likeness (QED) is 0.257.